The van der Waals surface area contributed by atoms with Gasteiger partial charge in [0.25, 0.3) is 0 Å². The molecule has 1 aromatic heterocycles. The molecule has 3 amide bonds. The molecule has 0 saturated carbocycles. The number of aromatic nitrogens is 1. The monoisotopic (exact) mass is 401 g/mol. The minimum absolute atomic E-state index is 0.0794. The maximum absolute atomic E-state index is 13.0. The minimum atomic E-state index is -0.325. The Balaban J connectivity index is 2.10. The number of benzene rings is 1. The second-order valence-corrected chi connectivity index (χ2v) is 7.02. The quantitative estimate of drug-likeness (QED) is 0.672. The Kier molecular flexibility index (Phi) is 8.21. The van der Waals surface area contributed by atoms with Crippen LogP contribution in [0.5, 0.6) is 0 Å². The fourth-order valence-electron chi connectivity index (χ4n) is 3.03. The van der Waals surface area contributed by atoms with E-state index in [9.17, 15) is 9.59 Å². The Labute approximate surface area is 172 Å². The number of carbonyl (C=O) groups excluding carboxylic acids is 2. The number of nitrogens with zero attached hydrogens (tertiary/aromatic N) is 3. The van der Waals surface area contributed by atoms with Gasteiger partial charge < -0.3 is 25.0 Å². The molecule has 2 N–H and O–H groups in total. The second kappa shape index (κ2) is 10.6. The average Bonchev–Trinajstić information content (AvgIpc) is 3.09. The molecule has 0 atom stereocenters. The number of aryl methyl sites for hydroxylation is 3. The Bertz CT molecular complexity index is 809. The fraction of sp³-hybridized carbons (Fsp3) is 0.476. The van der Waals surface area contributed by atoms with Gasteiger partial charge in [0.05, 0.1) is 0 Å². The third-order valence-corrected chi connectivity index (χ3v) is 4.81. The molecule has 8 nitrogen and oxygen atoms in total. The van der Waals surface area contributed by atoms with Crippen molar-refractivity contribution in [2.75, 3.05) is 43.4 Å². The summed E-state index contributed by atoms with van der Waals surface area (Å²) in [4.78, 5) is 29.2. The zero-order chi connectivity index (χ0) is 21.4. The van der Waals surface area contributed by atoms with Crippen LogP contribution in [0.25, 0.3) is 0 Å². The van der Waals surface area contributed by atoms with Crippen LogP contribution in [-0.4, -0.2) is 59.6 Å². The standard InChI is InChI=1S/C21H31N5O3/c1-6-25(7-2)11-12-26(14-19(27)22-18-13-17(5)29-24-18)21(28)23-20-15(3)9-8-10-16(20)4/h8-10,13H,6-7,11-12,14H2,1-5H3,(H,23,28)(H,22,24,27). The van der Waals surface area contributed by atoms with Crippen molar-refractivity contribution >= 4 is 23.4 Å². The number of para-hydroxylation sites is 1. The van der Waals surface area contributed by atoms with Crippen LogP contribution in [0.2, 0.25) is 0 Å². The van der Waals surface area contributed by atoms with Gasteiger partial charge in [-0.2, -0.15) is 0 Å². The second-order valence-electron chi connectivity index (χ2n) is 7.02. The van der Waals surface area contributed by atoms with Gasteiger partial charge in [-0.3, -0.25) is 4.79 Å². The lowest BCUT2D eigenvalue weighted by Crippen LogP contribution is -2.44. The van der Waals surface area contributed by atoms with Gasteiger partial charge >= 0.3 is 6.03 Å². The molecule has 1 aromatic carbocycles. The topological polar surface area (TPSA) is 90.7 Å². The molecule has 1 heterocycles. The summed E-state index contributed by atoms with van der Waals surface area (Å²) in [6, 6.07) is 7.17. The molecule has 8 heteroatoms. The van der Waals surface area contributed by atoms with Gasteiger partial charge in [-0.1, -0.05) is 37.2 Å². The van der Waals surface area contributed by atoms with Crippen LogP contribution in [0.3, 0.4) is 0 Å². The smallest absolute Gasteiger partial charge is 0.322 e. The van der Waals surface area contributed by atoms with Crippen molar-refractivity contribution in [3.63, 3.8) is 0 Å². The molecule has 0 saturated heterocycles. The first kappa shape index (κ1) is 22.4. The number of hydrogen-bond acceptors (Lipinski definition) is 5. The number of carbonyl (C=O) groups is 2. The summed E-state index contributed by atoms with van der Waals surface area (Å²) in [5.74, 6) is 0.618. The summed E-state index contributed by atoms with van der Waals surface area (Å²) in [6.45, 7) is 12.6. The van der Waals surface area contributed by atoms with Crippen LogP contribution in [0, 0.1) is 20.8 Å². The Morgan fingerprint density at radius 2 is 1.69 bits per heavy atom. The molecule has 158 valence electrons. The van der Waals surface area contributed by atoms with E-state index in [0.717, 1.165) is 29.9 Å². The highest BCUT2D eigenvalue weighted by Crippen LogP contribution is 2.20. The van der Waals surface area contributed by atoms with E-state index < -0.39 is 0 Å². The van der Waals surface area contributed by atoms with E-state index in [1.165, 1.54) is 4.90 Å². The lowest BCUT2D eigenvalue weighted by atomic mass is 10.1. The minimum Gasteiger partial charge on any atom is -0.360 e. The molecule has 0 spiro atoms. The van der Waals surface area contributed by atoms with E-state index in [-0.39, 0.29) is 18.5 Å². The molecule has 2 rings (SSSR count). The van der Waals surface area contributed by atoms with Crippen LogP contribution in [0.4, 0.5) is 16.3 Å². The molecule has 2 aromatic rings. The van der Waals surface area contributed by atoms with Crippen molar-refractivity contribution in [3.05, 3.63) is 41.2 Å². The molecule has 0 fully saturated rings. The summed E-state index contributed by atoms with van der Waals surface area (Å²) in [5, 5.41) is 9.40. The number of likely N-dealkylation sites (N-methyl/N-ethyl adjacent to an activating group) is 1. The van der Waals surface area contributed by atoms with Crippen LogP contribution in [0.15, 0.2) is 28.8 Å². The Morgan fingerprint density at radius 3 is 2.24 bits per heavy atom. The van der Waals surface area contributed by atoms with Gasteiger partial charge in [0.1, 0.15) is 12.3 Å². The first-order chi connectivity index (χ1) is 13.8. The summed E-state index contributed by atoms with van der Waals surface area (Å²) >= 11 is 0. The molecule has 0 unspecified atom stereocenters. The van der Waals surface area contributed by atoms with E-state index in [1.54, 1.807) is 13.0 Å². The van der Waals surface area contributed by atoms with Crippen molar-refractivity contribution in [1.29, 1.82) is 0 Å². The first-order valence-corrected chi connectivity index (χ1v) is 9.91. The van der Waals surface area contributed by atoms with Gasteiger partial charge in [-0.25, -0.2) is 4.79 Å². The van der Waals surface area contributed by atoms with Crippen molar-refractivity contribution in [3.8, 4) is 0 Å². The maximum atomic E-state index is 13.0. The number of rotatable bonds is 9. The van der Waals surface area contributed by atoms with Crippen molar-refractivity contribution in [1.82, 2.24) is 15.0 Å². The first-order valence-electron chi connectivity index (χ1n) is 9.91. The SMILES string of the molecule is CCN(CC)CCN(CC(=O)Nc1cc(C)on1)C(=O)Nc1c(C)cccc1C. The molecular formula is C21H31N5O3. The molecule has 29 heavy (non-hydrogen) atoms. The van der Waals surface area contributed by atoms with Crippen molar-refractivity contribution < 1.29 is 14.1 Å². The lowest BCUT2D eigenvalue weighted by molar-refractivity contribution is -0.116. The van der Waals surface area contributed by atoms with Crippen LogP contribution >= 0.6 is 0 Å². The van der Waals surface area contributed by atoms with Gasteiger partial charge in [-0.15, -0.1) is 0 Å². The predicted octanol–water partition coefficient (Wildman–Crippen LogP) is 3.41. The van der Waals surface area contributed by atoms with E-state index in [2.05, 4.69) is 34.5 Å². The third-order valence-electron chi connectivity index (χ3n) is 4.81. The molecule has 0 aliphatic carbocycles. The number of amides is 3. The zero-order valence-electron chi connectivity index (χ0n) is 17.9. The summed E-state index contributed by atoms with van der Waals surface area (Å²) < 4.78 is 4.97. The average molecular weight is 402 g/mol. The summed E-state index contributed by atoms with van der Waals surface area (Å²) in [5.41, 5.74) is 2.73. The van der Waals surface area contributed by atoms with Crippen LogP contribution in [0.1, 0.15) is 30.7 Å². The Hall–Kier alpha value is -2.87. The van der Waals surface area contributed by atoms with Crippen LogP contribution < -0.4 is 10.6 Å². The largest absolute Gasteiger partial charge is 0.360 e. The normalized spacial score (nSPS) is 10.8. The summed E-state index contributed by atoms with van der Waals surface area (Å²) in [7, 11) is 0. The van der Waals surface area contributed by atoms with E-state index in [1.807, 2.05) is 32.0 Å². The van der Waals surface area contributed by atoms with E-state index in [0.29, 0.717) is 24.7 Å². The molecule has 0 aliphatic heterocycles. The maximum Gasteiger partial charge on any atom is 0.322 e. The number of hydrogen-bond donors (Lipinski definition) is 2. The van der Waals surface area contributed by atoms with E-state index >= 15 is 0 Å². The van der Waals surface area contributed by atoms with Crippen molar-refractivity contribution in [2.24, 2.45) is 0 Å². The Morgan fingerprint density at radius 1 is 1.03 bits per heavy atom. The molecular weight excluding hydrogens is 370 g/mol. The fourth-order valence-corrected chi connectivity index (χ4v) is 3.03. The van der Waals surface area contributed by atoms with Crippen LogP contribution in [-0.2, 0) is 4.79 Å². The van der Waals surface area contributed by atoms with Gasteiger partial charge in [0, 0.05) is 24.8 Å². The molecule has 0 radical (unpaired) electrons. The third kappa shape index (κ3) is 6.60. The summed E-state index contributed by atoms with van der Waals surface area (Å²) in [6.07, 6.45) is 0. The highest BCUT2D eigenvalue weighted by Gasteiger charge is 2.20. The predicted molar refractivity (Wildman–Crippen MR) is 114 cm³/mol. The molecule has 0 bridgehead atoms. The van der Waals surface area contributed by atoms with Gasteiger partial charge in [0.15, 0.2) is 5.82 Å². The number of anilines is 2. The molecule has 0 aliphatic rings. The van der Waals surface area contributed by atoms with Crippen molar-refractivity contribution in [2.45, 2.75) is 34.6 Å². The zero-order valence-corrected chi connectivity index (χ0v) is 17.9. The van der Waals surface area contributed by atoms with Gasteiger partial charge in [-0.05, 0) is 45.0 Å². The number of nitrogens with one attached hydrogen (secondary N) is 2. The highest BCUT2D eigenvalue weighted by molar-refractivity contribution is 5.97. The lowest BCUT2D eigenvalue weighted by Gasteiger charge is -2.26. The number of urea groups is 1. The highest BCUT2D eigenvalue weighted by atomic mass is 16.5. The van der Waals surface area contributed by atoms with E-state index in [4.69, 9.17) is 4.52 Å². The van der Waals surface area contributed by atoms with Gasteiger partial charge in [0.2, 0.25) is 5.91 Å².